The standard InChI is InChI=1S/C18H24N2O2S/c1-9-10(2)23-16(14(9)15(19)21)20-17(22)18-6-11-3-12(7-18)5-13(4-11)8-18/h11-13H,3-8H2,1-2H3,(H2,19,21)(H,20,22). The molecule has 23 heavy (non-hydrogen) atoms. The van der Waals surface area contributed by atoms with Crippen LogP contribution in [0.4, 0.5) is 5.00 Å². The summed E-state index contributed by atoms with van der Waals surface area (Å²) in [6.45, 7) is 3.86. The SMILES string of the molecule is Cc1sc(NC(=O)C23CC4CC(CC(C4)C2)C3)c(C(N)=O)c1C. The van der Waals surface area contributed by atoms with E-state index in [2.05, 4.69) is 5.32 Å². The molecule has 0 radical (unpaired) electrons. The van der Waals surface area contributed by atoms with E-state index >= 15 is 0 Å². The Morgan fingerprint density at radius 2 is 1.61 bits per heavy atom. The molecule has 0 spiro atoms. The van der Waals surface area contributed by atoms with E-state index < -0.39 is 5.91 Å². The van der Waals surface area contributed by atoms with Gasteiger partial charge in [-0.3, -0.25) is 9.59 Å². The first-order valence-electron chi connectivity index (χ1n) is 8.59. The van der Waals surface area contributed by atoms with Crippen molar-refractivity contribution in [3.63, 3.8) is 0 Å². The molecule has 4 nitrogen and oxygen atoms in total. The highest BCUT2D eigenvalue weighted by molar-refractivity contribution is 7.16. The Morgan fingerprint density at radius 3 is 2.09 bits per heavy atom. The predicted molar refractivity (Wildman–Crippen MR) is 91.5 cm³/mol. The van der Waals surface area contributed by atoms with Gasteiger partial charge in [-0.25, -0.2) is 0 Å². The molecule has 2 amide bonds. The topological polar surface area (TPSA) is 72.2 Å². The van der Waals surface area contributed by atoms with E-state index in [1.54, 1.807) is 0 Å². The van der Waals surface area contributed by atoms with Crippen LogP contribution in [0.1, 0.15) is 59.3 Å². The van der Waals surface area contributed by atoms with Crippen molar-refractivity contribution in [3.05, 3.63) is 16.0 Å². The van der Waals surface area contributed by atoms with Crippen molar-refractivity contribution >= 4 is 28.2 Å². The fourth-order valence-electron chi connectivity index (χ4n) is 5.64. The molecule has 1 aromatic rings. The number of primary amides is 1. The van der Waals surface area contributed by atoms with Gasteiger partial charge in [0.1, 0.15) is 5.00 Å². The Morgan fingerprint density at radius 1 is 1.09 bits per heavy atom. The second-order valence-corrected chi connectivity index (χ2v) is 9.23. The molecule has 4 bridgehead atoms. The van der Waals surface area contributed by atoms with Crippen LogP contribution in [-0.2, 0) is 4.79 Å². The molecule has 3 N–H and O–H groups in total. The third kappa shape index (κ3) is 2.32. The van der Waals surface area contributed by atoms with Gasteiger partial charge < -0.3 is 11.1 Å². The average Bonchev–Trinajstić information content (AvgIpc) is 2.72. The van der Waals surface area contributed by atoms with Gasteiger partial charge in [0.25, 0.3) is 5.91 Å². The van der Waals surface area contributed by atoms with E-state index in [1.807, 2.05) is 13.8 Å². The van der Waals surface area contributed by atoms with Crippen LogP contribution in [0.3, 0.4) is 0 Å². The van der Waals surface area contributed by atoms with Crippen LogP contribution in [0.15, 0.2) is 0 Å². The first-order chi connectivity index (χ1) is 10.9. The van der Waals surface area contributed by atoms with Gasteiger partial charge in [0, 0.05) is 4.88 Å². The molecule has 5 rings (SSSR count). The Hall–Kier alpha value is -1.36. The number of hydrogen-bond acceptors (Lipinski definition) is 3. The normalized spacial score (nSPS) is 34.6. The maximum Gasteiger partial charge on any atom is 0.251 e. The Kier molecular flexibility index (Phi) is 3.34. The second kappa shape index (κ2) is 5.07. The van der Waals surface area contributed by atoms with Crippen molar-refractivity contribution in [2.45, 2.75) is 52.4 Å². The summed E-state index contributed by atoms with van der Waals surface area (Å²) in [6.07, 6.45) is 7.03. The smallest absolute Gasteiger partial charge is 0.251 e. The molecule has 1 heterocycles. The van der Waals surface area contributed by atoms with Gasteiger partial charge in [-0.05, 0) is 75.7 Å². The number of nitrogens with one attached hydrogen (secondary N) is 1. The monoisotopic (exact) mass is 332 g/mol. The van der Waals surface area contributed by atoms with E-state index in [0.29, 0.717) is 10.6 Å². The molecule has 0 aromatic carbocycles. The van der Waals surface area contributed by atoms with Gasteiger partial charge in [-0.2, -0.15) is 0 Å². The van der Waals surface area contributed by atoms with Crippen LogP contribution < -0.4 is 11.1 Å². The fraction of sp³-hybridized carbons (Fsp3) is 0.667. The molecule has 4 aliphatic rings. The van der Waals surface area contributed by atoms with Crippen molar-refractivity contribution in [3.8, 4) is 0 Å². The number of nitrogens with two attached hydrogens (primary N) is 1. The minimum absolute atomic E-state index is 0.125. The zero-order chi connectivity index (χ0) is 16.4. The Bertz CT molecular complexity index is 656. The Labute approximate surface area is 140 Å². The van der Waals surface area contributed by atoms with E-state index in [-0.39, 0.29) is 11.3 Å². The molecule has 1 aromatic heterocycles. The summed E-state index contributed by atoms with van der Waals surface area (Å²) in [5, 5.41) is 3.74. The maximum atomic E-state index is 13.1. The highest BCUT2D eigenvalue weighted by Gasteiger charge is 2.54. The molecule has 0 saturated heterocycles. The number of thiophene rings is 1. The fourth-order valence-corrected chi connectivity index (χ4v) is 6.70. The molecule has 124 valence electrons. The average molecular weight is 332 g/mol. The Balaban J connectivity index is 1.62. The number of amides is 2. The summed E-state index contributed by atoms with van der Waals surface area (Å²) in [5.74, 6) is 1.87. The molecule has 0 aliphatic heterocycles. The van der Waals surface area contributed by atoms with E-state index in [4.69, 9.17) is 5.73 Å². The van der Waals surface area contributed by atoms with Gasteiger partial charge in [-0.15, -0.1) is 11.3 Å². The van der Waals surface area contributed by atoms with Gasteiger partial charge in [0.15, 0.2) is 0 Å². The highest BCUT2D eigenvalue weighted by atomic mass is 32.1. The number of aryl methyl sites for hydroxylation is 1. The van der Waals surface area contributed by atoms with Crippen LogP contribution in [0.5, 0.6) is 0 Å². The van der Waals surface area contributed by atoms with Crippen LogP contribution in [0.2, 0.25) is 0 Å². The molecule has 5 heteroatoms. The zero-order valence-corrected chi connectivity index (χ0v) is 14.6. The lowest BCUT2D eigenvalue weighted by atomic mass is 9.49. The van der Waals surface area contributed by atoms with Crippen molar-refractivity contribution in [2.24, 2.45) is 28.9 Å². The molecule has 0 atom stereocenters. The van der Waals surface area contributed by atoms with Gasteiger partial charge in [-0.1, -0.05) is 0 Å². The number of carbonyl (C=O) groups is 2. The first kappa shape index (κ1) is 15.2. The van der Waals surface area contributed by atoms with Crippen molar-refractivity contribution in [1.29, 1.82) is 0 Å². The third-order valence-corrected chi connectivity index (χ3v) is 7.50. The van der Waals surface area contributed by atoms with E-state index in [0.717, 1.165) is 47.5 Å². The lowest BCUT2D eigenvalue weighted by molar-refractivity contribution is -0.140. The molecule has 4 saturated carbocycles. The third-order valence-electron chi connectivity index (χ3n) is 6.38. The second-order valence-electron chi connectivity index (χ2n) is 8.00. The lowest BCUT2D eigenvalue weighted by Gasteiger charge is -2.55. The highest BCUT2D eigenvalue weighted by Crippen LogP contribution is 2.60. The molecule has 4 aliphatic carbocycles. The number of rotatable bonds is 3. The number of carbonyl (C=O) groups excluding carboxylic acids is 2. The molecule has 4 fully saturated rings. The zero-order valence-electron chi connectivity index (χ0n) is 13.8. The minimum atomic E-state index is -0.451. The maximum absolute atomic E-state index is 13.1. The van der Waals surface area contributed by atoms with Crippen molar-refractivity contribution in [1.82, 2.24) is 0 Å². The largest absolute Gasteiger partial charge is 0.365 e. The molecular weight excluding hydrogens is 308 g/mol. The van der Waals surface area contributed by atoms with Crippen molar-refractivity contribution < 1.29 is 9.59 Å². The van der Waals surface area contributed by atoms with Crippen LogP contribution >= 0.6 is 11.3 Å². The van der Waals surface area contributed by atoms with Gasteiger partial charge in [0.05, 0.1) is 11.0 Å². The summed E-state index contributed by atoms with van der Waals surface area (Å²) in [4.78, 5) is 25.9. The first-order valence-corrected chi connectivity index (χ1v) is 9.41. The van der Waals surface area contributed by atoms with Crippen LogP contribution in [-0.4, -0.2) is 11.8 Å². The summed E-state index contributed by atoms with van der Waals surface area (Å²) in [5.41, 5.74) is 6.71. The quantitative estimate of drug-likeness (QED) is 0.887. The summed E-state index contributed by atoms with van der Waals surface area (Å²) in [6, 6.07) is 0. The summed E-state index contributed by atoms with van der Waals surface area (Å²) in [7, 11) is 0. The summed E-state index contributed by atoms with van der Waals surface area (Å²) < 4.78 is 0. The molecule has 0 unspecified atom stereocenters. The van der Waals surface area contributed by atoms with Gasteiger partial charge in [0.2, 0.25) is 5.91 Å². The van der Waals surface area contributed by atoms with E-state index in [1.165, 1.54) is 30.6 Å². The predicted octanol–water partition coefficient (Wildman–Crippen LogP) is 3.62. The van der Waals surface area contributed by atoms with E-state index in [9.17, 15) is 9.59 Å². The minimum Gasteiger partial charge on any atom is -0.365 e. The van der Waals surface area contributed by atoms with Crippen molar-refractivity contribution in [2.75, 3.05) is 5.32 Å². The number of hydrogen-bond donors (Lipinski definition) is 2. The number of anilines is 1. The summed E-state index contributed by atoms with van der Waals surface area (Å²) >= 11 is 1.47. The van der Waals surface area contributed by atoms with Crippen LogP contribution in [0, 0.1) is 37.0 Å². The molecular formula is C18H24N2O2S. The van der Waals surface area contributed by atoms with Gasteiger partial charge >= 0.3 is 0 Å². The lowest BCUT2D eigenvalue weighted by Crippen LogP contribution is -2.51. The van der Waals surface area contributed by atoms with Crippen LogP contribution in [0.25, 0.3) is 0 Å².